The molecule has 25 heavy (non-hydrogen) atoms. The van der Waals surface area contributed by atoms with E-state index in [2.05, 4.69) is 10.3 Å². The molecule has 1 aliphatic heterocycles. The third-order valence-electron chi connectivity index (χ3n) is 4.20. The number of amides is 1. The zero-order chi connectivity index (χ0) is 17.8. The molecule has 0 spiro atoms. The summed E-state index contributed by atoms with van der Waals surface area (Å²) in [5, 5.41) is 2.51. The number of carbonyl (C=O) groups is 1. The summed E-state index contributed by atoms with van der Waals surface area (Å²) in [4.78, 5) is 31.2. The fourth-order valence-electron chi connectivity index (χ4n) is 2.99. The van der Waals surface area contributed by atoms with Crippen LogP contribution in [0.15, 0.2) is 35.1 Å². The van der Waals surface area contributed by atoms with E-state index in [4.69, 9.17) is 0 Å². The maximum atomic E-state index is 13.7. The molecule has 0 bridgehead atoms. The quantitative estimate of drug-likeness (QED) is 0.924. The van der Waals surface area contributed by atoms with Crippen LogP contribution in [0.5, 0.6) is 0 Å². The Bertz CT molecular complexity index is 828. The minimum Gasteiger partial charge on any atom is -0.342 e. The Kier molecular flexibility index (Phi) is 5.11. The van der Waals surface area contributed by atoms with Crippen molar-refractivity contribution in [1.29, 1.82) is 0 Å². The van der Waals surface area contributed by atoms with Gasteiger partial charge < -0.3 is 10.2 Å². The number of piperidine rings is 1. The highest BCUT2D eigenvalue weighted by atomic mass is 19.1. The fraction of sp³-hybridized carbons (Fsp3) is 0.389. The number of rotatable bonds is 4. The van der Waals surface area contributed by atoms with Crippen LogP contribution in [0.2, 0.25) is 0 Å². The number of aromatic nitrogens is 2. The maximum absolute atomic E-state index is 13.7. The summed E-state index contributed by atoms with van der Waals surface area (Å²) in [7, 11) is 0. The molecule has 1 N–H and O–H groups in total. The summed E-state index contributed by atoms with van der Waals surface area (Å²) in [6.45, 7) is 3.18. The summed E-state index contributed by atoms with van der Waals surface area (Å²) in [6.07, 6.45) is 3.22. The van der Waals surface area contributed by atoms with Crippen molar-refractivity contribution in [2.45, 2.75) is 32.7 Å². The molecule has 1 amide bonds. The number of benzene rings is 1. The van der Waals surface area contributed by atoms with Crippen molar-refractivity contribution in [2.75, 3.05) is 23.3 Å². The largest absolute Gasteiger partial charge is 0.342 e. The van der Waals surface area contributed by atoms with Gasteiger partial charge in [0.1, 0.15) is 12.4 Å². The first-order valence-electron chi connectivity index (χ1n) is 8.42. The van der Waals surface area contributed by atoms with Crippen LogP contribution in [0.3, 0.4) is 0 Å². The molecule has 1 aromatic carbocycles. The zero-order valence-corrected chi connectivity index (χ0v) is 14.2. The Balaban J connectivity index is 1.85. The molecule has 6 nitrogen and oxygen atoms in total. The molecule has 2 aromatic rings. The Morgan fingerprint density at radius 2 is 1.96 bits per heavy atom. The van der Waals surface area contributed by atoms with Gasteiger partial charge in [-0.25, -0.2) is 9.37 Å². The molecule has 1 fully saturated rings. The lowest BCUT2D eigenvalue weighted by Crippen LogP contribution is -2.38. The number of nitrogens with zero attached hydrogens (tertiary/aromatic N) is 3. The van der Waals surface area contributed by atoms with Gasteiger partial charge in [0.25, 0.3) is 5.56 Å². The third-order valence-corrected chi connectivity index (χ3v) is 4.20. The van der Waals surface area contributed by atoms with Crippen LogP contribution >= 0.6 is 0 Å². The highest BCUT2D eigenvalue weighted by molar-refractivity contribution is 5.90. The molecule has 1 aliphatic rings. The van der Waals surface area contributed by atoms with Gasteiger partial charge in [-0.05, 0) is 38.3 Å². The van der Waals surface area contributed by atoms with Gasteiger partial charge in [0.2, 0.25) is 11.9 Å². The van der Waals surface area contributed by atoms with Crippen molar-refractivity contribution in [3.05, 3.63) is 52.2 Å². The second-order valence-electron chi connectivity index (χ2n) is 6.20. The molecule has 2 heterocycles. The van der Waals surface area contributed by atoms with E-state index < -0.39 is 11.7 Å². The van der Waals surface area contributed by atoms with Crippen molar-refractivity contribution < 1.29 is 9.18 Å². The molecular formula is C18H21FN4O2. The van der Waals surface area contributed by atoms with Gasteiger partial charge >= 0.3 is 0 Å². The van der Waals surface area contributed by atoms with E-state index in [-0.39, 0.29) is 17.8 Å². The Labute approximate surface area is 145 Å². The maximum Gasteiger partial charge on any atom is 0.255 e. The molecule has 3 rings (SSSR count). The van der Waals surface area contributed by atoms with E-state index in [0.717, 1.165) is 32.4 Å². The first-order chi connectivity index (χ1) is 12.0. The lowest BCUT2D eigenvalue weighted by atomic mass is 10.1. The van der Waals surface area contributed by atoms with E-state index in [9.17, 15) is 14.0 Å². The molecule has 0 unspecified atom stereocenters. The van der Waals surface area contributed by atoms with Gasteiger partial charge in [0.15, 0.2) is 0 Å². The van der Waals surface area contributed by atoms with E-state index in [0.29, 0.717) is 11.6 Å². The van der Waals surface area contributed by atoms with Crippen LogP contribution in [0, 0.1) is 12.7 Å². The zero-order valence-electron chi connectivity index (χ0n) is 14.2. The van der Waals surface area contributed by atoms with Crippen molar-refractivity contribution >= 4 is 17.5 Å². The molecule has 0 radical (unpaired) electrons. The third kappa shape index (κ3) is 4.04. The predicted molar refractivity (Wildman–Crippen MR) is 94.3 cm³/mol. The molecular weight excluding hydrogens is 323 g/mol. The van der Waals surface area contributed by atoms with Gasteiger partial charge in [-0.15, -0.1) is 0 Å². The second kappa shape index (κ2) is 7.46. The average Bonchev–Trinajstić information content (AvgIpc) is 2.60. The van der Waals surface area contributed by atoms with E-state index in [1.807, 2.05) is 4.90 Å². The number of anilines is 2. The standard InChI is InChI=1S/C18H21FN4O2/c1-13-11-17(25)23(18(20-13)22-9-5-2-6-10-22)12-16(24)21-15-8-4-3-7-14(15)19/h3-4,7-8,11H,2,5-6,9-10,12H2,1H3,(H,21,24). The summed E-state index contributed by atoms with van der Waals surface area (Å²) in [5.41, 5.74) is 0.438. The van der Waals surface area contributed by atoms with Gasteiger partial charge in [-0.1, -0.05) is 12.1 Å². The van der Waals surface area contributed by atoms with Crippen LogP contribution in [0.25, 0.3) is 0 Å². The van der Waals surface area contributed by atoms with Crippen molar-refractivity contribution in [1.82, 2.24) is 9.55 Å². The lowest BCUT2D eigenvalue weighted by molar-refractivity contribution is -0.116. The lowest BCUT2D eigenvalue weighted by Gasteiger charge is -2.29. The van der Waals surface area contributed by atoms with Crippen LogP contribution in [0.4, 0.5) is 16.0 Å². The van der Waals surface area contributed by atoms with Gasteiger partial charge in [-0.3, -0.25) is 14.2 Å². The minimum atomic E-state index is -0.513. The van der Waals surface area contributed by atoms with E-state index in [1.165, 1.54) is 22.8 Å². The second-order valence-corrected chi connectivity index (χ2v) is 6.20. The number of para-hydroxylation sites is 1. The number of nitrogens with one attached hydrogen (secondary N) is 1. The molecule has 7 heteroatoms. The molecule has 1 saturated heterocycles. The Hall–Kier alpha value is -2.70. The molecule has 0 aliphatic carbocycles. The smallest absolute Gasteiger partial charge is 0.255 e. The first kappa shape index (κ1) is 17.1. The van der Waals surface area contributed by atoms with Gasteiger partial charge in [0, 0.05) is 24.8 Å². The van der Waals surface area contributed by atoms with Crippen LogP contribution in [0.1, 0.15) is 25.0 Å². The van der Waals surface area contributed by atoms with Crippen molar-refractivity contribution in [3.63, 3.8) is 0 Å². The minimum absolute atomic E-state index is 0.0974. The number of hydrogen-bond donors (Lipinski definition) is 1. The highest BCUT2D eigenvalue weighted by Crippen LogP contribution is 2.17. The van der Waals surface area contributed by atoms with Crippen LogP contribution in [-0.4, -0.2) is 28.5 Å². The molecule has 132 valence electrons. The van der Waals surface area contributed by atoms with Crippen LogP contribution in [-0.2, 0) is 11.3 Å². The number of hydrogen-bond acceptors (Lipinski definition) is 4. The van der Waals surface area contributed by atoms with E-state index >= 15 is 0 Å². The molecule has 1 aromatic heterocycles. The average molecular weight is 344 g/mol. The molecule has 0 atom stereocenters. The highest BCUT2D eigenvalue weighted by Gasteiger charge is 2.19. The number of halogens is 1. The monoisotopic (exact) mass is 344 g/mol. The topological polar surface area (TPSA) is 67.2 Å². The molecule has 0 saturated carbocycles. The van der Waals surface area contributed by atoms with E-state index in [1.54, 1.807) is 19.1 Å². The van der Waals surface area contributed by atoms with Crippen molar-refractivity contribution in [2.24, 2.45) is 0 Å². The Morgan fingerprint density at radius 3 is 2.68 bits per heavy atom. The first-order valence-corrected chi connectivity index (χ1v) is 8.42. The SMILES string of the molecule is Cc1cc(=O)n(CC(=O)Nc2ccccc2F)c(N2CCCCC2)n1. The van der Waals surface area contributed by atoms with Crippen molar-refractivity contribution in [3.8, 4) is 0 Å². The summed E-state index contributed by atoms with van der Waals surface area (Å²) >= 11 is 0. The number of carbonyl (C=O) groups excluding carboxylic acids is 1. The summed E-state index contributed by atoms with van der Waals surface area (Å²) in [6, 6.07) is 7.35. The summed E-state index contributed by atoms with van der Waals surface area (Å²) in [5.74, 6) is -0.467. The van der Waals surface area contributed by atoms with Gasteiger partial charge in [0.05, 0.1) is 5.69 Å². The Morgan fingerprint density at radius 1 is 1.24 bits per heavy atom. The van der Waals surface area contributed by atoms with Gasteiger partial charge in [-0.2, -0.15) is 0 Å². The fourth-order valence-corrected chi connectivity index (χ4v) is 2.99. The summed E-state index contributed by atoms with van der Waals surface area (Å²) < 4.78 is 15.0. The number of aryl methyl sites for hydroxylation is 1. The normalized spacial score (nSPS) is 14.4. The van der Waals surface area contributed by atoms with Crippen LogP contribution < -0.4 is 15.8 Å². The predicted octanol–water partition coefficient (Wildman–Crippen LogP) is 2.32.